The Morgan fingerprint density at radius 1 is 1.63 bits per heavy atom. The van der Waals surface area contributed by atoms with Gasteiger partial charge in [-0.2, -0.15) is 0 Å². The van der Waals surface area contributed by atoms with Gasteiger partial charge in [-0.1, -0.05) is 0 Å². The summed E-state index contributed by atoms with van der Waals surface area (Å²) < 4.78 is 5.72. The van der Waals surface area contributed by atoms with Crippen LogP contribution < -0.4 is 16.0 Å². The van der Waals surface area contributed by atoms with E-state index in [1.807, 2.05) is 13.0 Å². The largest absolute Gasteiger partial charge is 0.370 e. The van der Waals surface area contributed by atoms with E-state index in [4.69, 9.17) is 10.5 Å². The quantitative estimate of drug-likeness (QED) is 0.803. The summed E-state index contributed by atoms with van der Waals surface area (Å²) in [5.41, 5.74) is 7.07. The minimum Gasteiger partial charge on any atom is -0.370 e. The van der Waals surface area contributed by atoms with Crippen molar-refractivity contribution >= 4 is 11.6 Å². The fraction of sp³-hybridized carbons (Fsp3) is 0.538. The minimum atomic E-state index is -0.182. The Hall–Kier alpha value is -1.66. The van der Waals surface area contributed by atoms with Crippen molar-refractivity contribution < 1.29 is 9.53 Å². The molecule has 1 aliphatic heterocycles. The lowest BCUT2D eigenvalue weighted by molar-refractivity contribution is -0.0104. The molecule has 1 aromatic rings. The smallest absolute Gasteiger partial charge is 0.269 e. The third-order valence-corrected chi connectivity index (χ3v) is 3.16. The molecule has 1 fully saturated rings. The monoisotopic (exact) mass is 264 g/mol. The summed E-state index contributed by atoms with van der Waals surface area (Å²) in [5.74, 6) is -0.182. The van der Waals surface area contributed by atoms with Crippen molar-refractivity contribution in [1.29, 1.82) is 0 Å². The maximum Gasteiger partial charge on any atom is 0.269 e. The van der Waals surface area contributed by atoms with Crippen molar-refractivity contribution in [3.8, 4) is 0 Å². The van der Waals surface area contributed by atoms with Gasteiger partial charge in [0, 0.05) is 38.6 Å². The second-order valence-electron chi connectivity index (χ2n) is 4.69. The van der Waals surface area contributed by atoms with Gasteiger partial charge in [0.25, 0.3) is 5.91 Å². The van der Waals surface area contributed by atoms with Gasteiger partial charge in [-0.05, 0) is 19.1 Å². The molecule has 0 spiro atoms. The first-order valence-electron chi connectivity index (χ1n) is 6.42. The molecule has 0 saturated carbocycles. The van der Waals surface area contributed by atoms with Crippen LogP contribution in [0.2, 0.25) is 0 Å². The number of nitrogens with one attached hydrogen (secondary N) is 1. The highest BCUT2D eigenvalue weighted by atomic mass is 16.5. The summed E-state index contributed by atoms with van der Waals surface area (Å²) in [5, 5.41) is 2.58. The summed E-state index contributed by atoms with van der Waals surface area (Å²) in [4.78, 5) is 17.8. The van der Waals surface area contributed by atoms with Gasteiger partial charge in [-0.25, -0.2) is 0 Å². The lowest BCUT2D eigenvalue weighted by Crippen LogP contribution is -2.49. The number of anilines is 1. The Morgan fingerprint density at radius 3 is 3.11 bits per heavy atom. The third-order valence-electron chi connectivity index (χ3n) is 3.16. The van der Waals surface area contributed by atoms with Gasteiger partial charge in [0.2, 0.25) is 0 Å². The molecule has 2 unspecified atom stereocenters. The van der Waals surface area contributed by atoms with E-state index >= 15 is 0 Å². The minimum absolute atomic E-state index is 0.0281. The summed E-state index contributed by atoms with van der Waals surface area (Å²) >= 11 is 0. The number of aromatic nitrogens is 1. The predicted molar refractivity (Wildman–Crippen MR) is 73.2 cm³/mol. The Labute approximate surface area is 112 Å². The van der Waals surface area contributed by atoms with E-state index in [9.17, 15) is 4.79 Å². The maximum atomic E-state index is 11.6. The molecule has 0 aromatic carbocycles. The average molecular weight is 264 g/mol. The first-order valence-corrected chi connectivity index (χ1v) is 6.42. The first-order chi connectivity index (χ1) is 9.13. The number of morpholine rings is 1. The predicted octanol–water partition coefficient (Wildman–Crippen LogP) is -0.00640. The fourth-order valence-corrected chi connectivity index (χ4v) is 2.25. The van der Waals surface area contributed by atoms with Crippen LogP contribution in [-0.2, 0) is 4.74 Å². The zero-order valence-corrected chi connectivity index (χ0v) is 11.3. The van der Waals surface area contributed by atoms with Crippen LogP contribution in [0.5, 0.6) is 0 Å². The molecule has 2 atom stereocenters. The lowest BCUT2D eigenvalue weighted by Gasteiger charge is -2.37. The normalized spacial score (nSPS) is 23.2. The van der Waals surface area contributed by atoms with Crippen LogP contribution in [0.15, 0.2) is 18.3 Å². The van der Waals surface area contributed by atoms with Crippen molar-refractivity contribution in [3.05, 3.63) is 24.0 Å². The first kappa shape index (κ1) is 13.8. The zero-order valence-electron chi connectivity index (χ0n) is 11.3. The van der Waals surface area contributed by atoms with E-state index < -0.39 is 0 Å². The SMILES string of the molecule is CNC(=O)c1cc(N2CC(C)OC(CN)C2)ccn1. The van der Waals surface area contributed by atoms with Gasteiger partial charge in [-0.3, -0.25) is 9.78 Å². The van der Waals surface area contributed by atoms with Crippen LogP contribution >= 0.6 is 0 Å². The Morgan fingerprint density at radius 2 is 2.42 bits per heavy atom. The molecule has 2 heterocycles. The standard InChI is InChI=1S/C13H20N4O2/c1-9-7-17(8-11(6-14)19-9)10-3-4-16-12(5-10)13(18)15-2/h3-5,9,11H,6-8,14H2,1-2H3,(H,15,18). The number of rotatable bonds is 3. The molecule has 6 nitrogen and oxygen atoms in total. The van der Waals surface area contributed by atoms with E-state index in [1.165, 1.54) is 0 Å². The van der Waals surface area contributed by atoms with Crippen LogP contribution in [0.25, 0.3) is 0 Å². The summed E-state index contributed by atoms with van der Waals surface area (Å²) in [6, 6.07) is 3.70. The van der Waals surface area contributed by atoms with Crippen molar-refractivity contribution in [2.24, 2.45) is 5.73 Å². The molecule has 3 N–H and O–H groups in total. The van der Waals surface area contributed by atoms with E-state index in [0.29, 0.717) is 12.2 Å². The third kappa shape index (κ3) is 3.21. The van der Waals surface area contributed by atoms with Crippen molar-refractivity contribution in [3.63, 3.8) is 0 Å². The summed E-state index contributed by atoms with van der Waals surface area (Å²) in [6.45, 7) is 4.04. The molecule has 1 saturated heterocycles. The molecule has 1 aliphatic rings. The molecular weight excluding hydrogens is 244 g/mol. The number of carbonyl (C=O) groups is 1. The second-order valence-corrected chi connectivity index (χ2v) is 4.69. The van der Waals surface area contributed by atoms with Gasteiger partial charge in [0.1, 0.15) is 5.69 Å². The number of ether oxygens (including phenoxy) is 1. The van der Waals surface area contributed by atoms with Crippen molar-refractivity contribution in [1.82, 2.24) is 10.3 Å². The zero-order chi connectivity index (χ0) is 13.8. The van der Waals surface area contributed by atoms with Gasteiger partial charge >= 0.3 is 0 Å². The molecular formula is C13H20N4O2. The van der Waals surface area contributed by atoms with E-state index in [2.05, 4.69) is 15.2 Å². The number of amides is 1. The molecule has 2 rings (SSSR count). The lowest BCUT2D eigenvalue weighted by atomic mass is 10.2. The molecule has 104 valence electrons. The molecule has 0 aliphatic carbocycles. The highest BCUT2D eigenvalue weighted by Gasteiger charge is 2.24. The van der Waals surface area contributed by atoms with Crippen LogP contribution in [0.1, 0.15) is 17.4 Å². The Bertz CT molecular complexity index is 452. The van der Waals surface area contributed by atoms with Crippen molar-refractivity contribution in [2.75, 3.05) is 31.6 Å². The summed E-state index contributed by atoms with van der Waals surface area (Å²) in [6.07, 6.45) is 1.80. The van der Waals surface area contributed by atoms with Gasteiger partial charge in [0.05, 0.1) is 12.2 Å². The topological polar surface area (TPSA) is 80.5 Å². The van der Waals surface area contributed by atoms with Gasteiger partial charge < -0.3 is 20.7 Å². The van der Waals surface area contributed by atoms with Gasteiger partial charge in [-0.15, -0.1) is 0 Å². The van der Waals surface area contributed by atoms with Crippen LogP contribution in [-0.4, -0.2) is 49.8 Å². The Kier molecular flexibility index (Phi) is 4.34. The van der Waals surface area contributed by atoms with Crippen molar-refractivity contribution in [2.45, 2.75) is 19.1 Å². The van der Waals surface area contributed by atoms with Gasteiger partial charge in [0.15, 0.2) is 0 Å². The average Bonchev–Trinajstić information content (AvgIpc) is 2.45. The number of hydrogen-bond acceptors (Lipinski definition) is 5. The number of carbonyl (C=O) groups excluding carboxylic acids is 1. The highest BCUT2D eigenvalue weighted by Crippen LogP contribution is 2.20. The molecule has 6 heteroatoms. The second kappa shape index (κ2) is 5.99. The van der Waals surface area contributed by atoms with Crippen LogP contribution in [0.4, 0.5) is 5.69 Å². The van der Waals surface area contributed by atoms with Crippen LogP contribution in [0.3, 0.4) is 0 Å². The van der Waals surface area contributed by atoms with E-state index in [-0.39, 0.29) is 18.1 Å². The molecule has 0 radical (unpaired) electrons. The Balaban J connectivity index is 2.18. The number of pyridine rings is 1. The van der Waals surface area contributed by atoms with E-state index in [1.54, 1.807) is 19.3 Å². The van der Waals surface area contributed by atoms with Crippen LogP contribution in [0, 0.1) is 0 Å². The number of nitrogens with two attached hydrogens (primary N) is 1. The number of nitrogens with zero attached hydrogens (tertiary/aromatic N) is 2. The molecule has 0 bridgehead atoms. The van der Waals surface area contributed by atoms with E-state index in [0.717, 1.165) is 18.8 Å². The molecule has 19 heavy (non-hydrogen) atoms. The maximum absolute atomic E-state index is 11.6. The fourth-order valence-electron chi connectivity index (χ4n) is 2.25. The molecule has 1 aromatic heterocycles. The molecule has 1 amide bonds. The summed E-state index contributed by atoms with van der Waals surface area (Å²) in [7, 11) is 1.60. The highest BCUT2D eigenvalue weighted by molar-refractivity contribution is 5.92. The number of hydrogen-bond donors (Lipinski definition) is 2.